The van der Waals surface area contributed by atoms with Crippen molar-refractivity contribution in [2.45, 2.75) is 19.4 Å². The first-order valence-electron chi connectivity index (χ1n) is 5.50. The Labute approximate surface area is 116 Å². The van der Waals surface area contributed by atoms with Gasteiger partial charge < -0.3 is 4.74 Å². The minimum Gasteiger partial charge on any atom is -0.385 e. The van der Waals surface area contributed by atoms with Gasteiger partial charge in [-0.15, -0.1) is 0 Å². The van der Waals surface area contributed by atoms with Gasteiger partial charge >= 0.3 is 0 Å². The van der Waals surface area contributed by atoms with Gasteiger partial charge in [-0.3, -0.25) is 11.3 Å². The van der Waals surface area contributed by atoms with E-state index in [4.69, 9.17) is 22.2 Å². The molecule has 0 aliphatic rings. The quantitative estimate of drug-likeness (QED) is 0.624. The Morgan fingerprint density at radius 1 is 1.53 bits per heavy atom. The Bertz CT molecular complexity index is 362. The fraction of sp³-hybridized carbons (Fsp3) is 0.500. The van der Waals surface area contributed by atoms with E-state index in [2.05, 4.69) is 28.3 Å². The molecule has 0 aliphatic heterocycles. The number of ether oxygens (including phenoxy) is 1. The van der Waals surface area contributed by atoms with Crippen LogP contribution in [0, 0.1) is 5.92 Å². The van der Waals surface area contributed by atoms with E-state index in [1.807, 2.05) is 18.2 Å². The van der Waals surface area contributed by atoms with Crippen LogP contribution >= 0.6 is 27.5 Å². The Morgan fingerprint density at radius 3 is 2.82 bits per heavy atom. The first-order chi connectivity index (χ1) is 8.10. The molecule has 2 atom stereocenters. The van der Waals surface area contributed by atoms with E-state index >= 15 is 0 Å². The number of benzene rings is 1. The third-order valence-electron chi connectivity index (χ3n) is 2.82. The predicted molar refractivity (Wildman–Crippen MR) is 74.9 cm³/mol. The normalized spacial score (nSPS) is 14.6. The highest BCUT2D eigenvalue weighted by atomic mass is 79.9. The SMILES string of the molecule is COCCC(C)C(NN)c1cc(Cl)ccc1Br. The van der Waals surface area contributed by atoms with Crippen LogP contribution in [0.15, 0.2) is 22.7 Å². The zero-order chi connectivity index (χ0) is 12.8. The molecule has 2 unspecified atom stereocenters. The molecule has 0 saturated carbocycles. The third kappa shape index (κ3) is 4.23. The van der Waals surface area contributed by atoms with E-state index < -0.39 is 0 Å². The van der Waals surface area contributed by atoms with Crippen LogP contribution in [0.3, 0.4) is 0 Å². The first kappa shape index (κ1) is 14.9. The van der Waals surface area contributed by atoms with Gasteiger partial charge in [0, 0.05) is 29.3 Å². The number of hydrogen-bond donors (Lipinski definition) is 2. The summed E-state index contributed by atoms with van der Waals surface area (Å²) < 4.78 is 6.10. The predicted octanol–water partition coefficient (Wildman–Crippen LogP) is 3.28. The van der Waals surface area contributed by atoms with E-state index in [0.717, 1.165) is 23.1 Å². The van der Waals surface area contributed by atoms with Gasteiger partial charge in [0.1, 0.15) is 0 Å². The van der Waals surface area contributed by atoms with Crippen molar-refractivity contribution < 1.29 is 4.74 Å². The van der Waals surface area contributed by atoms with Crippen molar-refractivity contribution in [3.8, 4) is 0 Å². The molecule has 3 nitrogen and oxygen atoms in total. The van der Waals surface area contributed by atoms with Crippen LogP contribution in [0.25, 0.3) is 0 Å². The van der Waals surface area contributed by atoms with Crippen molar-refractivity contribution in [1.82, 2.24) is 5.43 Å². The molecule has 0 amide bonds. The lowest BCUT2D eigenvalue weighted by Crippen LogP contribution is -2.33. The van der Waals surface area contributed by atoms with Crippen molar-refractivity contribution >= 4 is 27.5 Å². The summed E-state index contributed by atoms with van der Waals surface area (Å²) in [5.74, 6) is 6.00. The van der Waals surface area contributed by atoms with Gasteiger partial charge in [0.15, 0.2) is 0 Å². The Morgan fingerprint density at radius 2 is 2.24 bits per heavy atom. The van der Waals surface area contributed by atoms with Crippen molar-refractivity contribution in [2.24, 2.45) is 11.8 Å². The van der Waals surface area contributed by atoms with Gasteiger partial charge in [0.2, 0.25) is 0 Å². The topological polar surface area (TPSA) is 47.3 Å². The summed E-state index contributed by atoms with van der Waals surface area (Å²) in [6.45, 7) is 2.86. The number of rotatable bonds is 6. The highest BCUT2D eigenvalue weighted by Gasteiger charge is 2.20. The average molecular weight is 322 g/mol. The van der Waals surface area contributed by atoms with E-state index in [-0.39, 0.29) is 6.04 Å². The Hall–Kier alpha value is -0.130. The van der Waals surface area contributed by atoms with Crippen LogP contribution in [0.1, 0.15) is 24.9 Å². The second-order valence-corrected chi connectivity index (χ2v) is 5.36. The summed E-state index contributed by atoms with van der Waals surface area (Å²) in [5, 5.41) is 0.711. The molecule has 1 aromatic rings. The second-order valence-electron chi connectivity index (χ2n) is 4.07. The molecule has 17 heavy (non-hydrogen) atoms. The zero-order valence-electron chi connectivity index (χ0n) is 10.0. The zero-order valence-corrected chi connectivity index (χ0v) is 12.4. The highest BCUT2D eigenvalue weighted by molar-refractivity contribution is 9.10. The van der Waals surface area contributed by atoms with E-state index in [1.54, 1.807) is 7.11 Å². The van der Waals surface area contributed by atoms with Gasteiger partial charge in [0.05, 0.1) is 0 Å². The molecule has 0 radical (unpaired) electrons. The summed E-state index contributed by atoms with van der Waals surface area (Å²) >= 11 is 9.54. The molecule has 0 aromatic heterocycles. The molecule has 3 N–H and O–H groups in total. The summed E-state index contributed by atoms with van der Waals surface area (Å²) in [7, 11) is 1.70. The van der Waals surface area contributed by atoms with Crippen LogP contribution in [-0.4, -0.2) is 13.7 Å². The van der Waals surface area contributed by atoms with Crippen LogP contribution < -0.4 is 11.3 Å². The molecule has 0 saturated heterocycles. The van der Waals surface area contributed by atoms with Gasteiger partial charge in [-0.1, -0.05) is 34.5 Å². The van der Waals surface area contributed by atoms with Crippen molar-refractivity contribution in [1.29, 1.82) is 0 Å². The molecule has 0 bridgehead atoms. The molecule has 5 heteroatoms. The number of nitrogens with two attached hydrogens (primary N) is 1. The van der Waals surface area contributed by atoms with E-state index in [0.29, 0.717) is 10.9 Å². The smallest absolute Gasteiger partial charge is 0.0498 e. The maximum Gasteiger partial charge on any atom is 0.0498 e. The van der Waals surface area contributed by atoms with Crippen molar-refractivity contribution in [3.05, 3.63) is 33.3 Å². The summed E-state index contributed by atoms with van der Waals surface area (Å²) in [6, 6.07) is 5.77. The van der Waals surface area contributed by atoms with Crippen molar-refractivity contribution in [3.63, 3.8) is 0 Å². The van der Waals surface area contributed by atoms with Crippen LogP contribution in [-0.2, 0) is 4.74 Å². The molecule has 96 valence electrons. The highest BCUT2D eigenvalue weighted by Crippen LogP contribution is 2.31. The lowest BCUT2D eigenvalue weighted by molar-refractivity contribution is 0.170. The van der Waals surface area contributed by atoms with Gasteiger partial charge in [-0.2, -0.15) is 0 Å². The molecule has 0 aliphatic carbocycles. The fourth-order valence-electron chi connectivity index (χ4n) is 1.78. The van der Waals surface area contributed by atoms with E-state index in [9.17, 15) is 0 Å². The lowest BCUT2D eigenvalue weighted by atomic mass is 9.93. The summed E-state index contributed by atoms with van der Waals surface area (Å²) in [5.41, 5.74) is 3.92. The first-order valence-corrected chi connectivity index (χ1v) is 6.67. The average Bonchev–Trinajstić information content (AvgIpc) is 2.32. The number of nitrogens with one attached hydrogen (secondary N) is 1. The monoisotopic (exact) mass is 320 g/mol. The van der Waals surface area contributed by atoms with Crippen LogP contribution in [0.4, 0.5) is 0 Å². The fourth-order valence-corrected chi connectivity index (χ4v) is 2.46. The van der Waals surface area contributed by atoms with Gasteiger partial charge in [-0.05, 0) is 36.1 Å². The van der Waals surface area contributed by atoms with Gasteiger partial charge in [0.25, 0.3) is 0 Å². The second kappa shape index (κ2) is 7.34. The Balaban J connectivity index is 2.88. The lowest BCUT2D eigenvalue weighted by Gasteiger charge is -2.24. The summed E-state index contributed by atoms with van der Waals surface area (Å²) in [4.78, 5) is 0. The Kier molecular flexibility index (Phi) is 6.44. The molecule has 0 fully saturated rings. The molecule has 1 aromatic carbocycles. The maximum atomic E-state index is 6.01. The van der Waals surface area contributed by atoms with Gasteiger partial charge in [-0.25, -0.2) is 0 Å². The van der Waals surface area contributed by atoms with Crippen molar-refractivity contribution in [2.75, 3.05) is 13.7 Å². The van der Waals surface area contributed by atoms with Crippen LogP contribution in [0.2, 0.25) is 5.02 Å². The number of halogens is 2. The minimum absolute atomic E-state index is 0.0539. The van der Waals surface area contributed by atoms with Crippen LogP contribution in [0.5, 0.6) is 0 Å². The van der Waals surface area contributed by atoms with E-state index in [1.165, 1.54) is 0 Å². The molecule has 0 heterocycles. The largest absolute Gasteiger partial charge is 0.385 e. The minimum atomic E-state index is 0.0539. The molecule has 0 spiro atoms. The molecular weight excluding hydrogens is 304 g/mol. The molecular formula is C12H18BrClN2O. The maximum absolute atomic E-state index is 6.01. The molecule has 1 rings (SSSR count). The standard InChI is InChI=1S/C12H18BrClN2O/c1-8(5-6-17-2)12(16-15)10-7-9(14)3-4-11(10)13/h3-4,7-8,12,16H,5-6,15H2,1-2H3. The number of hydrazine groups is 1. The summed E-state index contributed by atoms with van der Waals surface area (Å²) in [6.07, 6.45) is 0.935. The number of hydrogen-bond acceptors (Lipinski definition) is 3. The third-order valence-corrected chi connectivity index (χ3v) is 3.78. The number of methoxy groups -OCH3 is 1.